The third-order valence-corrected chi connectivity index (χ3v) is 3.95. The van der Waals surface area contributed by atoms with Crippen molar-refractivity contribution in [2.45, 2.75) is 19.8 Å². The van der Waals surface area contributed by atoms with Crippen molar-refractivity contribution in [3.63, 3.8) is 0 Å². The predicted octanol–water partition coefficient (Wildman–Crippen LogP) is 2.81. The second-order valence-electron chi connectivity index (χ2n) is 4.89. The molecular formula is C16H20N2O2S. The maximum Gasteiger partial charge on any atom is 0.226 e. The molecule has 0 aliphatic heterocycles. The topological polar surface area (TPSA) is 51.2 Å². The molecule has 0 aliphatic carbocycles. The Kier molecular flexibility index (Phi) is 5.90. The van der Waals surface area contributed by atoms with Crippen molar-refractivity contribution in [3.8, 4) is 10.6 Å². The number of nitrogens with one attached hydrogen (secondary N) is 1. The van der Waals surface area contributed by atoms with Crippen LogP contribution in [0.2, 0.25) is 0 Å². The summed E-state index contributed by atoms with van der Waals surface area (Å²) in [7, 11) is 1.66. The minimum Gasteiger partial charge on any atom is -0.385 e. The summed E-state index contributed by atoms with van der Waals surface area (Å²) in [6.45, 7) is 3.36. The van der Waals surface area contributed by atoms with Gasteiger partial charge in [0.15, 0.2) is 0 Å². The molecule has 1 heterocycles. The zero-order chi connectivity index (χ0) is 15.1. The minimum atomic E-state index is 0.00666. The molecule has 1 amide bonds. The Morgan fingerprint density at radius 1 is 1.43 bits per heavy atom. The molecule has 21 heavy (non-hydrogen) atoms. The number of nitrogens with zero attached hydrogens (tertiary/aromatic N) is 1. The average Bonchev–Trinajstić information content (AvgIpc) is 2.92. The number of carbonyl (C=O) groups is 1. The smallest absolute Gasteiger partial charge is 0.226 e. The highest BCUT2D eigenvalue weighted by Crippen LogP contribution is 2.24. The number of hydrogen-bond acceptors (Lipinski definition) is 4. The van der Waals surface area contributed by atoms with Crippen molar-refractivity contribution in [2.75, 3.05) is 20.3 Å². The molecule has 1 aromatic heterocycles. The van der Waals surface area contributed by atoms with Crippen LogP contribution in [-0.4, -0.2) is 31.2 Å². The van der Waals surface area contributed by atoms with Gasteiger partial charge in [-0.2, -0.15) is 0 Å². The fourth-order valence-corrected chi connectivity index (χ4v) is 2.79. The zero-order valence-electron chi connectivity index (χ0n) is 12.4. The number of aryl methyl sites for hydroxylation is 1. The standard InChI is InChI=1S/C16H20N2O2S/c1-12-5-3-6-13(9-12)16-18-14(11-21-16)10-15(19)17-7-4-8-20-2/h3,5-6,9,11H,4,7-8,10H2,1-2H3,(H,17,19). The van der Waals surface area contributed by atoms with Gasteiger partial charge in [0.1, 0.15) is 5.01 Å². The van der Waals surface area contributed by atoms with E-state index in [1.54, 1.807) is 18.4 Å². The maximum atomic E-state index is 11.8. The molecule has 2 rings (SSSR count). The van der Waals surface area contributed by atoms with E-state index in [2.05, 4.69) is 29.4 Å². The summed E-state index contributed by atoms with van der Waals surface area (Å²) >= 11 is 1.57. The summed E-state index contributed by atoms with van der Waals surface area (Å²) in [5.74, 6) is 0.00666. The molecule has 0 radical (unpaired) electrons. The van der Waals surface area contributed by atoms with E-state index in [0.29, 0.717) is 19.6 Å². The number of amides is 1. The molecule has 112 valence electrons. The van der Waals surface area contributed by atoms with E-state index in [1.165, 1.54) is 5.56 Å². The number of benzene rings is 1. The lowest BCUT2D eigenvalue weighted by molar-refractivity contribution is -0.120. The summed E-state index contributed by atoms with van der Waals surface area (Å²) in [4.78, 5) is 16.3. The van der Waals surface area contributed by atoms with Gasteiger partial charge in [-0.3, -0.25) is 4.79 Å². The van der Waals surface area contributed by atoms with E-state index < -0.39 is 0 Å². The van der Waals surface area contributed by atoms with E-state index in [0.717, 1.165) is 22.7 Å². The van der Waals surface area contributed by atoms with Crippen LogP contribution in [0.5, 0.6) is 0 Å². The molecule has 0 saturated carbocycles. The normalized spacial score (nSPS) is 10.6. The summed E-state index contributed by atoms with van der Waals surface area (Å²) in [5.41, 5.74) is 3.13. The van der Waals surface area contributed by atoms with Crippen LogP contribution in [0.15, 0.2) is 29.6 Å². The molecule has 4 nitrogen and oxygen atoms in total. The lowest BCUT2D eigenvalue weighted by Gasteiger charge is -2.03. The second kappa shape index (κ2) is 7.90. The number of methoxy groups -OCH3 is 1. The molecule has 0 spiro atoms. The van der Waals surface area contributed by atoms with Crippen molar-refractivity contribution < 1.29 is 9.53 Å². The van der Waals surface area contributed by atoms with Crippen LogP contribution in [0.3, 0.4) is 0 Å². The van der Waals surface area contributed by atoms with Crippen LogP contribution in [0.1, 0.15) is 17.7 Å². The Morgan fingerprint density at radius 2 is 2.29 bits per heavy atom. The van der Waals surface area contributed by atoms with Crippen LogP contribution in [0, 0.1) is 6.92 Å². The molecule has 1 N–H and O–H groups in total. The molecule has 5 heteroatoms. The van der Waals surface area contributed by atoms with Crippen LogP contribution in [-0.2, 0) is 16.0 Å². The number of rotatable bonds is 7. The highest BCUT2D eigenvalue weighted by atomic mass is 32.1. The van der Waals surface area contributed by atoms with Crippen molar-refractivity contribution in [1.29, 1.82) is 0 Å². The van der Waals surface area contributed by atoms with Gasteiger partial charge in [-0.1, -0.05) is 23.8 Å². The minimum absolute atomic E-state index is 0.00666. The van der Waals surface area contributed by atoms with Crippen molar-refractivity contribution in [2.24, 2.45) is 0 Å². The quantitative estimate of drug-likeness (QED) is 0.800. The first-order chi connectivity index (χ1) is 10.2. The van der Waals surface area contributed by atoms with E-state index in [9.17, 15) is 4.79 Å². The number of hydrogen-bond donors (Lipinski definition) is 1. The van der Waals surface area contributed by atoms with E-state index in [-0.39, 0.29) is 5.91 Å². The van der Waals surface area contributed by atoms with Gasteiger partial charge in [0.25, 0.3) is 0 Å². The third kappa shape index (κ3) is 4.95. The molecule has 0 bridgehead atoms. The second-order valence-corrected chi connectivity index (χ2v) is 5.74. The molecule has 0 unspecified atom stereocenters. The largest absolute Gasteiger partial charge is 0.385 e. The Labute approximate surface area is 129 Å². The van der Waals surface area contributed by atoms with Gasteiger partial charge >= 0.3 is 0 Å². The first-order valence-corrected chi connectivity index (χ1v) is 7.84. The average molecular weight is 304 g/mol. The Hall–Kier alpha value is -1.72. The molecule has 0 fully saturated rings. The lowest BCUT2D eigenvalue weighted by atomic mass is 10.1. The van der Waals surface area contributed by atoms with Crippen molar-refractivity contribution in [3.05, 3.63) is 40.9 Å². The van der Waals surface area contributed by atoms with Gasteiger partial charge in [-0.25, -0.2) is 4.98 Å². The predicted molar refractivity (Wildman–Crippen MR) is 85.5 cm³/mol. The highest BCUT2D eigenvalue weighted by molar-refractivity contribution is 7.13. The van der Waals surface area contributed by atoms with Crippen molar-refractivity contribution >= 4 is 17.2 Å². The van der Waals surface area contributed by atoms with E-state index in [1.807, 2.05) is 17.5 Å². The summed E-state index contributed by atoms with van der Waals surface area (Å²) in [6, 6.07) is 8.23. The molecule has 1 aromatic carbocycles. The Balaban J connectivity index is 1.90. The van der Waals surface area contributed by atoms with Gasteiger partial charge in [0.05, 0.1) is 12.1 Å². The Bertz CT molecular complexity index is 595. The fraction of sp³-hybridized carbons (Fsp3) is 0.375. The SMILES string of the molecule is COCCCNC(=O)Cc1csc(-c2cccc(C)c2)n1. The maximum absolute atomic E-state index is 11.8. The van der Waals surface area contributed by atoms with Crippen LogP contribution < -0.4 is 5.32 Å². The Morgan fingerprint density at radius 3 is 3.05 bits per heavy atom. The van der Waals surface area contributed by atoms with E-state index in [4.69, 9.17) is 4.74 Å². The number of aromatic nitrogens is 1. The van der Waals surface area contributed by atoms with Gasteiger partial charge in [0, 0.05) is 31.2 Å². The fourth-order valence-electron chi connectivity index (χ4n) is 1.97. The molecule has 0 aliphatic rings. The first kappa shape index (κ1) is 15.7. The van der Waals surface area contributed by atoms with Gasteiger partial charge in [-0.15, -0.1) is 11.3 Å². The molecule has 0 atom stereocenters. The van der Waals surface area contributed by atoms with Gasteiger partial charge in [-0.05, 0) is 19.4 Å². The van der Waals surface area contributed by atoms with Crippen LogP contribution >= 0.6 is 11.3 Å². The third-order valence-electron chi connectivity index (χ3n) is 3.01. The summed E-state index contributed by atoms with van der Waals surface area (Å²) < 4.78 is 4.94. The van der Waals surface area contributed by atoms with Crippen molar-refractivity contribution in [1.82, 2.24) is 10.3 Å². The van der Waals surface area contributed by atoms with E-state index >= 15 is 0 Å². The molecule has 0 saturated heterocycles. The molecule has 2 aromatic rings. The monoisotopic (exact) mass is 304 g/mol. The first-order valence-electron chi connectivity index (χ1n) is 6.96. The molecular weight excluding hydrogens is 284 g/mol. The summed E-state index contributed by atoms with van der Waals surface area (Å²) in [6.07, 6.45) is 1.16. The number of thiazole rings is 1. The number of ether oxygens (including phenoxy) is 1. The van der Waals surface area contributed by atoms with Crippen LogP contribution in [0.4, 0.5) is 0 Å². The number of carbonyl (C=O) groups excluding carboxylic acids is 1. The van der Waals surface area contributed by atoms with Gasteiger partial charge in [0.2, 0.25) is 5.91 Å². The van der Waals surface area contributed by atoms with Crippen LogP contribution in [0.25, 0.3) is 10.6 Å². The van der Waals surface area contributed by atoms with Gasteiger partial charge < -0.3 is 10.1 Å². The highest BCUT2D eigenvalue weighted by Gasteiger charge is 2.08. The zero-order valence-corrected chi connectivity index (χ0v) is 13.2. The summed E-state index contributed by atoms with van der Waals surface area (Å²) in [5, 5.41) is 5.78. The lowest BCUT2D eigenvalue weighted by Crippen LogP contribution is -2.26.